The lowest BCUT2D eigenvalue weighted by Crippen LogP contribution is -1.74. The van der Waals surface area contributed by atoms with E-state index in [9.17, 15) is 0 Å². The summed E-state index contributed by atoms with van der Waals surface area (Å²) in [5, 5.41) is 8.30. The Morgan fingerprint density at radius 2 is 1.67 bits per heavy atom. The minimum absolute atomic E-state index is 0.548. The van der Waals surface area contributed by atoms with Crippen LogP contribution in [0.25, 0.3) is 0 Å². The van der Waals surface area contributed by atoms with Crippen molar-refractivity contribution in [3.63, 3.8) is 0 Å². The van der Waals surface area contributed by atoms with Gasteiger partial charge in [0.15, 0.2) is 0 Å². The highest BCUT2D eigenvalue weighted by molar-refractivity contribution is 5.00. The summed E-state index contributed by atoms with van der Waals surface area (Å²) in [5.74, 6) is 0. The van der Waals surface area contributed by atoms with Crippen LogP contribution in [0.4, 0.5) is 0 Å². The zero-order valence-electron chi connectivity index (χ0n) is 9.65. The van der Waals surface area contributed by atoms with E-state index in [1.165, 1.54) is 25.7 Å². The minimum Gasteiger partial charge on any atom is -0.198 e. The quantitative estimate of drug-likeness (QED) is 0.323. The lowest BCUT2D eigenvalue weighted by atomic mass is 10.1. The molecule has 82 valence electrons. The standard InChI is InChI=1S/C14H21N/c1-2-3-4-5-6-7-8-9-10-11-12-13-14-15/h2-5,11-12H,6-10,13H2,1H3/b3-2+,5-4+,12-11+. The summed E-state index contributed by atoms with van der Waals surface area (Å²) in [5.41, 5.74) is 0. The van der Waals surface area contributed by atoms with Crippen LogP contribution in [0.2, 0.25) is 0 Å². The molecule has 0 fully saturated rings. The van der Waals surface area contributed by atoms with Crippen molar-refractivity contribution < 1.29 is 0 Å². The molecule has 15 heavy (non-hydrogen) atoms. The molecule has 0 atom stereocenters. The van der Waals surface area contributed by atoms with E-state index in [4.69, 9.17) is 5.26 Å². The third-order valence-corrected chi connectivity index (χ3v) is 2.06. The fourth-order valence-electron chi connectivity index (χ4n) is 1.24. The van der Waals surface area contributed by atoms with E-state index in [1.54, 1.807) is 0 Å². The second kappa shape index (κ2) is 12.7. The third kappa shape index (κ3) is 12.7. The van der Waals surface area contributed by atoms with Crippen molar-refractivity contribution in [3.05, 3.63) is 36.5 Å². The first kappa shape index (κ1) is 13.7. The zero-order chi connectivity index (χ0) is 11.2. The van der Waals surface area contributed by atoms with Crippen LogP contribution in [0.15, 0.2) is 36.5 Å². The van der Waals surface area contributed by atoms with Crippen LogP contribution < -0.4 is 0 Å². The molecule has 0 bridgehead atoms. The van der Waals surface area contributed by atoms with Crippen molar-refractivity contribution in [2.75, 3.05) is 0 Å². The van der Waals surface area contributed by atoms with Crippen molar-refractivity contribution >= 4 is 0 Å². The maximum Gasteiger partial charge on any atom is 0.0663 e. The molecule has 0 heterocycles. The monoisotopic (exact) mass is 203 g/mol. The molecule has 0 rings (SSSR count). The maximum absolute atomic E-state index is 8.30. The van der Waals surface area contributed by atoms with Gasteiger partial charge in [0.05, 0.1) is 12.5 Å². The van der Waals surface area contributed by atoms with Gasteiger partial charge < -0.3 is 0 Å². The normalized spacial score (nSPS) is 11.7. The molecule has 0 aromatic carbocycles. The summed E-state index contributed by atoms with van der Waals surface area (Å²) in [7, 11) is 0. The third-order valence-electron chi connectivity index (χ3n) is 2.06. The first-order chi connectivity index (χ1) is 7.41. The number of unbranched alkanes of at least 4 members (excludes halogenated alkanes) is 4. The molecule has 0 radical (unpaired) electrons. The first-order valence-corrected chi connectivity index (χ1v) is 5.71. The average Bonchev–Trinajstić information content (AvgIpc) is 2.26. The highest BCUT2D eigenvalue weighted by atomic mass is 14.2. The van der Waals surface area contributed by atoms with Crippen LogP contribution >= 0.6 is 0 Å². The average molecular weight is 203 g/mol. The molecule has 0 N–H and O–H groups in total. The molecular formula is C14H21N. The van der Waals surface area contributed by atoms with E-state index in [0.29, 0.717) is 6.42 Å². The first-order valence-electron chi connectivity index (χ1n) is 5.71. The van der Waals surface area contributed by atoms with Gasteiger partial charge in [0.1, 0.15) is 0 Å². The summed E-state index contributed by atoms with van der Waals surface area (Å²) < 4.78 is 0. The van der Waals surface area contributed by atoms with Crippen LogP contribution in [-0.2, 0) is 0 Å². The summed E-state index contributed by atoms with van der Waals surface area (Å²) in [6.45, 7) is 2.03. The van der Waals surface area contributed by atoms with Crippen molar-refractivity contribution in [3.8, 4) is 6.07 Å². The summed E-state index contributed by atoms with van der Waals surface area (Å²) in [4.78, 5) is 0. The number of nitriles is 1. The SMILES string of the molecule is C/C=C/C=C/CCCCC/C=C/CC#N. The van der Waals surface area contributed by atoms with Gasteiger partial charge in [-0.1, -0.05) is 42.9 Å². The largest absolute Gasteiger partial charge is 0.198 e. The fourth-order valence-corrected chi connectivity index (χ4v) is 1.24. The van der Waals surface area contributed by atoms with Gasteiger partial charge in [0.2, 0.25) is 0 Å². The molecule has 0 spiro atoms. The Labute approximate surface area is 93.8 Å². The van der Waals surface area contributed by atoms with Crippen molar-refractivity contribution in [1.29, 1.82) is 5.26 Å². The van der Waals surface area contributed by atoms with Gasteiger partial charge in [-0.15, -0.1) is 0 Å². The Hall–Kier alpha value is -1.29. The lowest BCUT2D eigenvalue weighted by Gasteiger charge is -1.94. The number of allylic oxidation sites excluding steroid dienone is 6. The smallest absolute Gasteiger partial charge is 0.0663 e. The predicted octanol–water partition coefficient (Wildman–Crippen LogP) is 4.54. The molecule has 0 aliphatic heterocycles. The van der Waals surface area contributed by atoms with E-state index in [1.807, 2.05) is 19.1 Å². The van der Waals surface area contributed by atoms with E-state index < -0.39 is 0 Å². The molecule has 0 aromatic rings. The number of hydrogen-bond donors (Lipinski definition) is 0. The molecule has 0 aromatic heterocycles. The number of hydrogen-bond acceptors (Lipinski definition) is 1. The van der Waals surface area contributed by atoms with Gasteiger partial charge in [-0.05, 0) is 32.6 Å². The second-order valence-electron chi connectivity index (χ2n) is 3.43. The van der Waals surface area contributed by atoms with Crippen LogP contribution in [0.1, 0.15) is 45.4 Å². The Morgan fingerprint density at radius 3 is 2.33 bits per heavy atom. The molecule has 0 aliphatic carbocycles. The topological polar surface area (TPSA) is 23.8 Å². The predicted molar refractivity (Wildman–Crippen MR) is 66.4 cm³/mol. The van der Waals surface area contributed by atoms with E-state index in [0.717, 1.165) is 6.42 Å². The fraction of sp³-hybridized carbons (Fsp3) is 0.500. The highest BCUT2D eigenvalue weighted by Gasteiger charge is 1.85. The Bertz CT molecular complexity index is 241. The van der Waals surface area contributed by atoms with E-state index >= 15 is 0 Å². The van der Waals surface area contributed by atoms with Gasteiger partial charge >= 0.3 is 0 Å². The van der Waals surface area contributed by atoms with E-state index in [-0.39, 0.29) is 0 Å². The summed E-state index contributed by atoms with van der Waals surface area (Å²) >= 11 is 0. The van der Waals surface area contributed by atoms with Crippen LogP contribution in [0, 0.1) is 11.3 Å². The van der Waals surface area contributed by atoms with Crippen molar-refractivity contribution in [2.24, 2.45) is 0 Å². The number of nitrogens with zero attached hydrogens (tertiary/aromatic N) is 1. The summed E-state index contributed by atoms with van der Waals surface area (Å²) in [6.07, 6.45) is 19.1. The Balaban J connectivity index is 3.15. The van der Waals surface area contributed by atoms with Crippen molar-refractivity contribution in [2.45, 2.75) is 45.4 Å². The molecule has 0 amide bonds. The second-order valence-corrected chi connectivity index (χ2v) is 3.43. The minimum atomic E-state index is 0.548. The van der Waals surface area contributed by atoms with Gasteiger partial charge in [-0.2, -0.15) is 5.26 Å². The van der Waals surface area contributed by atoms with Gasteiger partial charge in [0.25, 0.3) is 0 Å². The molecule has 0 aliphatic rings. The summed E-state index contributed by atoms with van der Waals surface area (Å²) in [6, 6.07) is 2.10. The van der Waals surface area contributed by atoms with Crippen LogP contribution in [0.5, 0.6) is 0 Å². The zero-order valence-corrected chi connectivity index (χ0v) is 9.65. The Morgan fingerprint density at radius 1 is 0.933 bits per heavy atom. The molecular weight excluding hydrogens is 182 g/mol. The van der Waals surface area contributed by atoms with E-state index in [2.05, 4.69) is 30.4 Å². The van der Waals surface area contributed by atoms with Crippen molar-refractivity contribution in [1.82, 2.24) is 0 Å². The van der Waals surface area contributed by atoms with Gasteiger partial charge in [-0.25, -0.2) is 0 Å². The molecule has 0 saturated heterocycles. The Kier molecular flexibility index (Phi) is 11.6. The maximum atomic E-state index is 8.30. The molecule has 1 nitrogen and oxygen atoms in total. The van der Waals surface area contributed by atoms with Gasteiger partial charge in [0, 0.05) is 0 Å². The van der Waals surface area contributed by atoms with Gasteiger partial charge in [-0.3, -0.25) is 0 Å². The molecule has 0 saturated carbocycles. The highest BCUT2D eigenvalue weighted by Crippen LogP contribution is 2.04. The molecule has 0 unspecified atom stereocenters. The number of rotatable bonds is 8. The van der Waals surface area contributed by atoms with Crippen LogP contribution in [-0.4, -0.2) is 0 Å². The molecule has 1 heteroatoms. The lowest BCUT2D eigenvalue weighted by molar-refractivity contribution is 0.695. The van der Waals surface area contributed by atoms with Crippen LogP contribution in [0.3, 0.4) is 0 Å².